The van der Waals surface area contributed by atoms with Crippen LogP contribution in [-0.2, 0) is 9.59 Å². The Bertz CT molecular complexity index is 1290. The molecule has 174 valence electrons. The number of methoxy groups -OCH3 is 1. The molecule has 0 aromatic heterocycles. The second-order valence-corrected chi connectivity index (χ2v) is 8.51. The number of nitrogens with one attached hydrogen (secondary N) is 1. The molecule has 3 aromatic carbocycles. The number of carbonyl (C=O) groups is 2. The first kappa shape index (κ1) is 23.1. The van der Waals surface area contributed by atoms with Crippen LogP contribution in [0.4, 0.5) is 11.4 Å². The molecule has 0 aliphatic carbocycles. The van der Waals surface area contributed by atoms with E-state index in [1.165, 1.54) is 4.90 Å². The van der Waals surface area contributed by atoms with Crippen LogP contribution in [0.3, 0.4) is 0 Å². The van der Waals surface area contributed by atoms with Crippen molar-refractivity contribution in [3.63, 3.8) is 0 Å². The Balaban J connectivity index is 1.86. The van der Waals surface area contributed by atoms with Crippen LogP contribution < -0.4 is 19.7 Å². The van der Waals surface area contributed by atoms with Gasteiger partial charge in [-0.1, -0.05) is 42.0 Å². The second kappa shape index (κ2) is 9.43. The van der Waals surface area contributed by atoms with Crippen molar-refractivity contribution in [2.45, 2.75) is 33.8 Å². The third-order valence-corrected chi connectivity index (χ3v) is 5.54. The molecule has 0 radical (unpaired) electrons. The number of hydrogen-bond donors (Lipinski definition) is 1. The minimum atomic E-state index is -0.442. The van der Waals surface area contributed by atoms with Gasteiger partial charge in [-0.2, -0.15) is 0 Å². The van der Waals surface area contributed by atoms with Gasteiger partial charge in [0.2, 0.25) is 0 Å². The summed E-state index contributed by atoms with van der Waals surface area (Å²) in [5.74, 6) is 0.273. The average Bonchev–Trinajstić information content (AvgIpc) is 3.03. The number of ether oxygens (including phenoxy) is 2. The lowest BCUT2D eigenvalue weighted by Gasteiger charge is -2.20. The summed E-state index contributed by atoms with van der Waals surface area (Å²) in [6.07, 6.45) is -0.116. The van der Waals surface area contributed by atoms with Crippen molar-refractivity contribution in [2.24, 2.45) is 0 Å². The molecule has 1 aliphatic heterocycles. The zero-order chi connectivity index (χ0) is 24.4. The monoisotopic (exact) mass is 456 g/mol. The van der Waals surface area contributed by atoms with Crippen LogP contribution in [-0.4, -0.2) is 25.0 Å². The molecule has 0 saturated heterocycles. The van der Waals surface area contributed by atoms with E-state index in [-0.39, 0.29) is 11.8 Å². The fraction of sp³-hybridized carbons (Fsp3) is 0.214. The molecule has 1 heterocycles. The zero-order valence-corrected chi connectivity index (χ0v) is 20.0. The van der Waals surface area contributed by atoms with Crippen molar-refractivity contribution >= 4 is 28.8 Å². The lowest BCUT2D eigenvalue weighted by molar-refractivity contribution is -0.120. The number of anilines is 2. The lowest BCUT2D eigenvalue weighted by atomic mass is 9.97. The first-order chi connectivity index (χ1) is 16.3. The summed E-state index contributed by atoms with van der Waals surface area (Å²) in [5, 5.41) is 3.19. The summed E-state index contributed by atoms with van der Waals surface area (Å²) in [6, 6.07) is 20.2. The molecule has 6 nitrogen and oxygen atoms in total. The van der Waals surface area contributed by atoms with Crippen molar-refractivity contribution in [1.29, 1.82) is 0 Å². The topological polar surface area (TPSA) is 67.9 Å². The van der Waals surface area contributed by atoms with Gasteiger partial charge in [-0.25, -0.2) is 4.90 Å². The number of aryl methyl sites for hydroxylation is 2. The molecule has 0 spiro atoms. The molecule has 1 N–H and O–H groups in total. The van der Waals surface area contributed by atoms with Crippen molar-refractivity contribution in [2.75, 3.05) is 17.3 Å². The number of imide groups is 1. The zero-order valence-electron chi connectivity index (χ0n) is 20.0. The third-order valence-electron chi connectivity index (χ3n) is 5.54. The van der Waals surface area contributed by atoms with E-state index in [0.29, 0.717) is 34.0 Å². The molecule has 6 heteroatoms. The Kier molecular flexibility index (Phi) is 6.41. The van der Waals surface area contributed by atoms with Gasteiger partial charge in [-0.3, -0.25) is 9.59 Å². The number of hydrogen-bond acceptors (Lipinski definition) is 5. The quantitative estimate of drug-likeness (QED) is 0.476. The predicted octanol–water partition coefficient (Wildman–Crippen LogP) is 5.50. The Morgan fingerprint density at radius 2 is 1.65 bits per heavy atom. The van der Waals surface area contributed by atoms with E-state index in [1.54, 1.807) is 31.4 Å². The number of nitrogens with zero attached hydrogens (tertiary/aromatic N) is 1. The summed E-state index contributed by atoms with van der Waals surface area (Å²) in [4.78, 5) is 28.8. The fourth-order valence-corrected chi connectivity index (χ4v) is 4.05. The minimum Gasteiger partial charge on any atom is -0.497 e. The summed E-state index contributed by atoms with van der Waals surface area (Å²) in [5.41, 5.74) is 4.29. The summed E-state index contributed by atoms with van der Waals surface area (Å²) in [7, 11) is 1.58. The van der Waals surface area contributed by atoms with Crippen LogP contribution in [0.2, 0.25) is 0 Å². The lowest BCUT2D eigenvalue weighted by Crippen LogP contribution is -2.33. The highest BCUT2D eigenvalue weighted by atomic mass is 16.5. The van der Waals surface area contributed by atoms with Gasteiger partial charge in [0.25, 0.3) is 11.8 Å². The average molecular weight is 457 g/mol. The molecule has 3 aromatic rings. The highest BCUT2D eigenvalue weighted by Gasteiger charge is 2.42. The normalized spacial score (nSPS) is 13.6. The van der Waals surface area contributed by atoms with Gasteiger partial charge in [-0.05, 0) is 63.1 Å². The standard InChI is InChI=1S/C28H28N2O4/c1-17(2)34-24-12-7-6-11-23(24)30-27(31)25(22-14-13-18(3)15-19(22)4)26(28(30)32)29-20-9-8-10-21(16-20)33-5/h6-17,29H,1-5H3. The van der Waals surface area contributed by atoms with Crippen LogP contribution in [0.1, 0.15) is 30.5 Å². The Labute approximate surface area is 199 Å². The fourth-order valence-electron chi connectivity index (χ4n) is 4.05. The molecule has 0 fully saturated rings. The summed E-state index contributed by atoms with van der Waals surface area (Å²) < 4.78 is 11.2. The molecule has 4 rings (SSSR count). The first-order valence-electron chi connectivity index (χ1n) is 11.2. The maximum Gasteiger partial charge on any atom is 0.282 e. The van der Waals surface area contributed by atoms with Crippen molar-refractivity contribution < 1.29 is 19.1 Å². The predicted molar refractivity (Wildman–Crippen MR) is 134 cm³/mol. The number of benzene rings is 3. The minimum absolute atomic E-state index is 0.116. The molecule has 2 amide bonds. The van der Waals surface area contributed by atoms with E-state index < -0.39 is 11.8 Å². The van der Waals surface area contributed by atoms with Gasteiger partial charge >= 0.3 is 0 Å². The molecule has 0 unspecified atom stereocenters. The smallest absolute Gasteiger partial charge is 0.282 e. The largest absolute Gasteiger partial charge is 0.497 e. The molecule has 0 saturated carbocycles. The van der Waals surface area contributed by atoms with E-state index >= 15 is 0 Å². The Morgan fingerprint density at radius 3 is 2.35 bits per heavy atom. The first-order valence-corrected chi connectivity index (χ1v) is 11.2. The van der Waals surface area contributed by atoms with E-state index in [2.05, 4.69) is 5.32 Å². The number of carbonyl (C=O) groups excluding carboxylic acids is 2. The number of amides is 2. The number of rotatable bonds is 7. The van der Waals surface area contributed by atoms with Crippen LogP contribution in [0.15, 0.2) is 72.4 Å². The highest BCUT2D eigenvalue weighted by Crippen LogP contribution is 2.39. The Morgan fingerprint density at radius 1 is 0.882 bits per heavy atom. The number of para-hydroxylation sites is 2. The van der Waals surface area contributed by atoms with Crippen molar-refractivity contribution in [3.05, 3.63) is 89.1 Å². The molecular formula is C28H28N2O4. The van der Waals surface area contributed by atoms with Gasteiger partial charge in [0.05, 0.1) is 24.5 Å². The van der Waals surface area contributed by atoms with Crippen LogP contribution in [0.5, 0.6) is 11.5 Å². The van der Waals surface area contributed by atoms with Gasteiger partial charge < -0.3 is 14.8 Å². The maximum absolute atomic E-state index is 13.8. The van der Waals surface area contributed by atoms with E-state index in [9.17, 15) is 9.59 Å². The van der Waals surface area contributed by atoms with Gasteiger partial charge in [0, 0.05) is 11.8 Å². The van der Waals surface area contributed by atoms with Crippen molar-refractivity contribution in [1.82, 2.24) is 0 Å². The van der Waals surface area contributed by atoms with Gasteiger partial charge in [0.15, 0.2) is 0 Å². The van der Waals surface area contributed by atoms with E-state index in [0.717, 1.165) is 11.1 Å². The molecular weight excluding hydrogens is 428 g/mol. The van der Waals surface area contributed by atoms with Crippen LogP contribution in [0, 0.1) is 13.8 Å². The Hall–Kier alpha value is -4.06. The molecule has 34 heavy (non-hydrogen) atoms. The summed E-state index contributed by atoms with van der Waals surface area (Å²) in [6.45, 7) is 7.74. The third kappa shape index (κ3) is 4.39. The van der Waals surface area contributed by atoms with Crippen LogP contribution >= 0.6 is 0 Å². The van der Waals surface area contributed by atoms with Gasteiger partial charge in [-0.15, -0.1) is 0 Å². The van der Waals surface area contributed by atoms with Crippen LogP contribution in [0.25, 0.3) is 5.57 Å². The second-order valence-electron chi connectivity index (χ2n) is 8.51. The highest BCUT2D eigenvalue weighted by molar-refractivity contribution is 6.46. The van der Waals surface area contributed by atoms with E-state index in [4.69, 9.17) is 9.47 Å². The van der Waals surface area contributed by atoms with Gasteiger partial charge in [0.1, 0.15) is 17.2 Å². The molecule has 0 atom stereocenters. The molecule has 0 bridgehead atoms. The van der Waals surface area contributed by atoms with Crippen molar-refractivity contribution in [3.8, 4) is 11.5 Å². The SMILES string of the molecule is COc1cccc(NC2=C(c3ccc(C)cc3C)C(=O)N(c3ccccc3OC(C)C)C2=O)c1. The summed E-state index contributed by atoms with van der Waals surface area (Å²) >= 11 is 0. The van der Waals surface area contributed by atoms with E-state index in [1.807, 2.05) is 70.2 Å². The molecule has 1 aliphatic rings. The maximum atomic E-state index is 13.8.